The highest BCUT2D eigenvalue weighted by Gasteiger charge is 2.26. The topological polar surface area (TPSA) is 25.8 Å². The van der Waals surface area contributed by atoms with Crippen LogP contribution in [0.3, 0.4) is 0 Å². The lowest BCUT2D eigenvalue weighted by Gasteiger charge is -2.27. The summed E-state index contributed by atoms with van der Waals surface area (Å²) in [7, 11) is 0. The average molecular weight is 307 g/mol. The van der Waals surface area contributed by atoms with E-state index in [-0.39, 0.29) is 0 Å². The van der Waals surface area contributed by atoms with Gasteiger partial charge in [0.05, 0.1) is 0 Å². The van der Waals surface area contributed by atoms with E-state index >= 15 is 0 Å². The number of aromatic nitrogens is 2. The summed E-state index contributed by atoms with van der Waals surface area (Å²) < 4.78 is 0. The smallest absolute Gasteiger partial charge is 0.133 e. The molecular weight excluding hydrogens is 280 g/mol. The van der Waals surface area contributed by atoms with Crippen LogP contribution < -0.4 is 0 Å². The first-order chi connectivity index (χ1) is 10.3. The Balaban J connectivity index is 1.70. The third-order valence-electron chi connectivity index (χ3n) is 5.41. The van der Waals surface area contributed by atoms with E-state index in [4.69, 9.17) is 16.6 Å². The third kappa shape index (κ3) is 3.77. The van der Waals surface area contributed by atoms with Crippen LogP contribution in [0.5, 0.6) is 0 Å². The molecule has 3 heteroatoms. The molecule has 116 valence electrons. The van der Waals surface area contributed by atoms with Crippen molar-refractivity contribution in [2.75, 3.05) is 0 Å². The van der Waals surface area contributed by atoms with E-state index in [1.807, 2.05) is 6.07 Å². The Morgan fingerprint density at radius 1 is 1.00 bits per heavy atom. The molecule has 2 aliphatic rings. The average Bonchev–Trinajstić information content (AvgIpc) is 3.02. The van der Waals surface area contributed by atoms with Gasteiger partial charge in [-0.3, -0.25) is 0 Å². The summed E-state index contributed by atoms with van der Waals surface area (Å²) in [6.45, 7) is 2.29. The number of hydrogen-bond donors (Lipinski definition) is 0. The van der Waals surface area contributed by atoms with Gasteiger partial charge < -0.3 is 0 Å². The summed E-state index contributed by atoms with van der Waals surface area (Å²) in [5, 5.41) is 0.651. The fraction of sp³-hybridized carbons (Fsp3) is 0.778. The van der Waals surface area contributed by atoms with Crippen molar-refractivity contribution in [2.24, 2.45) is 5.92 Å². The molecule has 0 N–H and O–H groups in total. The zero-order valence-corrected chi connectivity index (χ0v) is 13.9. The second-order valence-electron chi connectivity index (χ2n) is 6.96. The van der Waals surface area contributed by atoms with E-state index in [2.05, 4.69) is 11.9 Å². The van der Waals surface area contributed by atoms with Crippen molar-refractivity contribution in [2.45, 2.75) is 83.0 Å². The molecule has 0 atom stereocenters. The van der Waals surface area contributed by atoms with E-state index < -0.39 is 0 Å². The molecule has 1 heterocycles. The van der Waals surface area contributed by atoms with Crippen LogP contribution in [0.25, 0.3) is 0 Å². The van der Waals surface area contributed by atoms with Crippen LogP contribution in [0.15, 0.2) is 6.07 Å². The zero-order valence-electron chi connectivity index (χ0n) is 13.2. The van der Waals surface area contributed by atoms with Crippen molar-refractivity contribution in [1.82, 2.24) is 9.97 Å². The monoisotopic (exact) mass is 306 g/mol. The molecule has 0 radical (unpaired) electrons. The molecule has 1 aromatic heterocycles. The van der Waals surface area contributed by atoms with Crippen LogP contribution >= 0.6 is 11.6 Å². The summed E-state index contributed by atoms with van der Waals surface area (Å²) in [5.41, 5.74) is 1.21. The summed E-state index contributed by atoms with van der Waals surface area (Å²) in [6, 6.07) is 2.00. The standard InChI is InChI=1S/C18H27ClN2/c1-2-5-13-8-10-15(11-9-13)18-20-16(12-17(19)21-18)14-6-3-4-7-14/h12-15H,2-11H2,1H3. The first-order valence-electron chi connectivity index (χ1n) is 8.80. The van der Waals surface area contributed by atoms with E-state index in [1.165, 1.54) is 69.9 Å². The van der Waals surface area contributed by atoms with Crippen LogP contribution in [0.2, 0.25) is 5.15 Å². The lowest BCUT2D eigenvalue weighted by Crippen LogP contribution is -2.16. The second-order valence-corrected chi connectivity index (χ2v) is 7.35. The van der Waals surface area contributed by atoms with Gasteiger partial charge in [-0.2, -0.15) is 0 Å². The van der Waals surface area contributed by atoms with E-state index in [9.17, 15) is 0 Å². The van der Waals surface area contributed by atoms with Crippen molar-refractivity contribution in [3.8, 4) is 0 Å². The van der Waals surface area contributed by atoms with Gasteiger partial charge in [0.25, 0.3) is 0 Å². The molecule has 0 saturated heterocycles. The molecule has 2 nitrogen and oxygen atoms in total. The molecule has 0 spiro atoms. The van der Waals surface area contributed by atoms with Gasteiger partial charge in [-0.25, -0.2) is 9.97 Å². The van der Waals surface area contributed by atoms with Crippen LogP contribution in [-0.2, 0) is 0 Å². The third-order valence-corrected chi connectivity index (χ3v) is 5.61. The van der Waals surface area contributed by atoms with Crippen LogP contribution in [0, 0.1) is 5.92 Å². The Hall–Kier alpha value is -0.630. The molecule has 1 aromatic rings. The fourth-order valence-corrected chi connectivity index (χ4v) is 4.38. The molecule has 2 saturated carbocycles. The predicted molar refractivity (Wildman–Crippen MR) is 87.9 cm³/mol. The molecule has 0 aliphatic heterocycles. The summed E-state index contributed by atoms with van der Waals surface area (Å²) >= 11 is 6.27. The van der Waals surface area contributed by atoms with E-state index in [0.717, 1.165) is 11.7 Å². The normalized spacial score (nSPS) is 27.1. The van der Waals surface area contributed by atoms with Crippen LogP contribution in [0.1, 0.15) is 94.5 Å². The van der Waals surface area contributed by atoms with Gasteiger partial charge in [0, 0.05) is 17.5 Å². The molecule has 0 aromatic carbocycles. The molecule has 0 bridgehead atoms. The lowest BCUT2D eigenvalue weighted by atomic mass is 9.79. The van der Waals surface area contributed by atoms with Gasteiger partial charge in [-0.15, -0.1) is 0 Å². The van der Waals surface area contributed by atoms with Crippen LogP contribution in [-0.4, -0.2) is 9.97 Å². The zero-order chi connectivity index (χ0) is 14.7. The SMILES string of the molecule is CCCC1CCC(c2nc(Cl)cc(C3CCCC3)n2)CC1. The predicted octanol–water partition coefficient (Wildman–Crippen LogP) is 5.86. The maximum Gasteiger partial charge on any atom is 0.133 e. The van der Waals surface area contributed by atoms with Crippen molar-refractivity contribution in [1.29, 1.82) is 0 Å². The van der Waals surface area contributed by atoms with E-state index in [1.54, 1.807) is 0 Å². The molecule has 21 heavy (non-hydrogen) atoms. The number of rotatable bonds is 4. The van der Waals surface area contributed by atoms with Gasteiger partial charge in [0.1, 0.15) is 11.0 Å². The molecular formula is C18H27ClN2. The Morgan fingerprint density at radius 3 is 2.38 bits per heavy atom. The molecule has 3 rings (SSSR count). The molecule has 0 unspecified atom stereocenters. The van der Waals surface area contributed by atoms with Gasteiger partial charge in [0.15, 0.2) is 0 Å². The quantitative estimate of drug-likeness (QED) is 0.651. The van der Waals surface area contributed by atoms with Crippen molar-refractivity contribution in [3.05, 3.63) is 22.7 Å². The summed E-state index contributed by atoms with van der Waals surface area (Å²) in [5.74, 6) is 3.12. The molecule has 2 aliphatic carbocycles. The van der Waals surface area contributed by atoms with Crippen molar-refractivity contribution >= 4 is 11.6 Å². The first-order valence-corrected chi connectivity index (χ1v) is 9.18. The van der Waals surface area contributed by atoms with Gasteiger partial charge in [-0.05, 0) is 50.5 Å². The second kappa shape index (κ2) is 7.09. The summed E-state index contributed by atoms with van der Waals surface area (Å²) in [6.07, 6.45) is 13.1. The van der Waals surface area contributed by atoms with Crippen LogP contribution in [0.4, 0.5) is 0 Å². The van der Waals surface area contributed by atoms with Gasteiger partial charge >= 0.3 is 0 Å². The summed E-state index contributed by atoms with van der Waals surface area (Å²) in [4.78, 5) is 9.47. The van der Waals surface area contributed by atoms with Gasteiger partial charge in [-0.1, -0.05) is 44.2 Å². The van der Waals surface area contributed by atoms with Crippen molar-refractivity contribution < 1.29 is 0 Å². The minimum absolute atomic E-state index is 0.539. The number of nitrogens with zero attached hydrogens (tertiary/aromatic N) is 2. The number of halogens is 1. The molecule has 0 amide bonds. The minimum Gasteiger partial charge on any atom is -0.237 e. The lowest BCUT2D eigenvalue weighted by molar-refractivity contribution is 0.302. The highest BCUT2D eigenvalue weighted by molar-refractivity contribution is 6.29. The molecule has 2 fully saturated rings. The maximum absolute atomic E-state index is 6.27. The fourth-order valence-electron chi connectivity index (χ4n) is 4.18. The number of hydrogen-bond acceptors (Lipinski definition) is 2. The Labute approximate surface area is 133 Å². The maximum atomic E-state index is 6.27. The van der Waals surface area contributed by atoms with Crippen molar-refractivity contribution in [3.63, 3.8) is 0 Å². The highest BCUT2D eigenvalue weighted by Crippen LogP contribution is 2.38. The van der Waals surface area contributed by atoms with E-state index in [0.29, 0.717) is 17.0 Å². The highest BCUT2D eigenvalue weighted by atomic mass is 35.5. The minimum atomic E-state index is 0.539. The van der Waals surface area contributed by atoms with Gasteiger partial charge in [0.2, 0.25) is 0 Å². The largest absolute Gasteiger partial charge is 0.237 e. The Kier molecular flexibility index (Phi) is 5.15. The Morgan fingerprint density at radius 2 is 1.71 bits per heavy atom. The Bertz CT molecular complexity index is 460. The first kappa shape index (κ1) is 15.3.